The fourth-order valence-electron chi connectivity index (χ4n) is 1.87. The molecule has 1 aromatic carbocycles. The highest BCUT2D eigenvalue weighted by molar-refractivity contribution is 5.98. The number of nitrogens with one attached hydrogen (secondary N) is 1. The van der Waals surface area contributed by atoms with E-state index in [9.17, 15) is 0 Å². The second kappa shape index (κ2) is 3.34. The highest BCUT2D eigenvalue weighted by Crippen LogP contribution is 2.30. The number of aromatic nitrogens is 3. The van der Waals surface area contributed by atoms with Crippen LogP contribution < -0.4 is 5.73 Å². The van der Waals surface area contributed by atoms with Gasteiger partial charge < -0.3 is 5.73 Å². The van der Waals surface area contributed by atoms with Crippen LogP contribution in [0.25, 0.3) is 21.9 Å². The number of hydrogen-bond donors (Lipinski definition) is 2. The molecule has 0 aliphatic carbocycles. The van der Waals surface area contributed by atoms with Crippen LogP contribution in [0.2, 0.25) is 0 Å². The quantitative estimate of drug-likeness (QED) is 0.647. The van der Waals surface area contributed by atoms with Crippen LogP contribution in [-0.4, -0.2) is 15.2 Å². The van der Waals surface area contributed by atoms with Gasteiger partial charge in [-0.1, -0.05) is 18.2 Å². The van der Waals surface area contributed by atoms with Gasteiger partial charge in [0.25, 0.3) is 0 Å². The Kier molecular flexibility index (Phi) is 1.86. The third kappa shape index (κ3) is 1.24. The summed E-state index contributed by atoms with van der Waals surface area (Å²) < 4.78 is 0. The second-order valence-corrected chi connectivity index (χ2v) is 3.60. The van der Waals surface area contributed by atoms with Gasteiger partial charge in [0.1, 0.15) is 5.82 Å². The molecule has 3 rings (SSSR count). The van der Waals surface area contributed by atoms with Gasteiger partial charge in [0, 0.05) is 23.3 Å². The van der Waals surface area contributed by atoms with E-state index in [1.807, 2.05) is 30.5 Å². The number of pyridine rings is 1. The smallest absolute Gasteiger partial charge is 0.126 e. The van der Waals surface area contributed by atoms with Gasteiger partial charge in [0.05, 0.1) is 6.20 Å². The Hall–Kier alpha value is -2.36. The summed E-state index contributed by atoms with van der Waals surface area (Å²) in [5, 5.41) is 8.91. The summed E-state index contributed by atoms with van der Waals surface area (Å²) in [6.07, 6.45) is 5.36. The normalized spacial score (nSPS) is 10.8. The summed E-state index contributed by atoms with van der Waals surface area (Å²) in [6, 6.07) is 8.04. The number of anilines is 1. The van der Waals surface area contributed by atoms with E-state index in [4.69, 9.17) is 5.73 Å². The van der Waals surface area contributed by atoms with Crippen molar-refractivity contribution in [3.63, 3.8) is 0 Å². The van der Waals surface area contributed by atoms with E-state index < -0.39 is 0 Å². The van der Waals surface area contributed by atoms with Gasteiger partial charge in [-0.3, -0.25) is 10.1 Å². The van der Waals surface area contributed by atoms with Crippen LogP contribution >= 0.6 is 0 Å². The SMILES string of the molecule is Nc1[nH]ncc1-c1cccc2cnccc12. The minimum atomic E-state index is 0.587. The number of benzene rings is 1. The Bertz CT molecular complexity index is 637. The van der Waals surface area contributed by atoms with E-state index in [0.29, 0.717) is 5.82 Å². The fourth-order valence-corrected chi connectivity index (χ4v) is 1.87. The molecule has 2 heterocycles. The molecule has 0 amide bonds. The highest BCUT2D eigenvalue weighted by Gasteiger charge is 2.07. The Balaban J connectivity index is 2.36. The summed E-state index contributed by atoms with van der Waals surface area (Å²) in [6.45, 7) is 0. The average Bonchev–Trinajstić information content (AvgIpc) is 2.75. The zero-order valence-electron chi connectivity index (χ0n) is 8.51. The summed E-state index contributed by atoms with van der Waals surface area (Å²) >= 11 is 0. The zero-order chi connectivity index (χ0) is 11.0. The number of nitrogens with two attached hydrogens (primary N) is 1. The number of nitrogens with zero attached hydrogens (tertiary/aromatic N) is 2. The van der Waals surface area contributed by atoms with Crippen molar-refractivity contribution in [1.29, 1.82) is 0 Å². The average molecular weight is 210 g/mol. The van der Waals surface area contributed by atoms with Gasteiger partial charge in [-0.2, -0.15) is 5.10 Å². The molecule has 0 fully saturated rings. The molecule has 3 N–H and O–H groups in total. The van der Waals surface area contributed by atoms with Crippen molar-refractivity contribution < 1.29 is 0 Å². The largest absolute Gasteiger partial charge is 0.384 e. The molecule has 0 saturated heterocycles. The van der Waals surface area contributed by atoms with Gasteiger partial charge in [-0.05, 0) is 17.0 Å². The molecule has 16 heavy (non-hydrogen) atoms. The van der Waals surface area contributed by atoms with Crippen molar-refractivity contribution >= 4 is 16.6 Å². The van der Waals surface area contributed by atoms with Crippen LogP contribution in [0.15, 0.2) is 42.9 Å². The van der Waals surface area contributed by atoms with Crippen molar-refractivity contribution in [3.8, 4) is 11.1 Å². The zero-order valence-corrected chi connectivity index (χ0v) is 8.51. The number of nitrogen functional groups attached to an aromatic ring is 1. The third-order valence-electron chi connectivity index (χ3n) is 2.64. The molecule has 0 atom stereocenters. The first-order valence-electron chi connectivity index (χ1n) is 4.98. The monoisotopic (exact) mass is 210 g/mol. The predicted octanol–water partition coefficient (Wildman–Crippen LogP) is 2.21. The number of aromatic amines is 1. The minimum absolute atomic E-state index is 0.587. The lowest BCUT2D eigenvalue weighted by Gasteiger charge is -2.04. The number of H-pyrrole nitrogens is 1. The topological polar surface area (TPSA) is 67.6 Å². The summed E-state index contributed by atoms with van der Waals surface area (Å²) in [4.78, 5) is 4.10. The Morgan fingerprint density at radius 3 is 2.81 bits per heavy atom. The second-order valence-electron chi connectivity index (χ2n) is 3.60. The van der Waals surface area contributed by atoms with Gasteiger partial charge in [0.2, 0.25) is 0 Å². The maximum absolute atomic E-state index is 5.83. The molecule has 0 spiro atoms. The summed E-state index contributed by atoms with van der Waals surface area (Å²) in [7, 11) is 0. The van der Waals surface area contributed by atoms with Gasteiger partial charge in [0.15, 0.2) is 0 Å². The molecule has 4 heteroatoms. The Morgan fingerprint density at radius 1 is 1.06 bits per heavy atom. The van der Waals surface area contributed by atoms with Crippen molar-refractivity contribution in [3.05, 3.63) is 42.9 Å². The highest BCUT2D eigenvalue weighted by atomic mass is 15.1. The molecular formula is C12H10N4. The molecule has 0 radical (unpaired) electrons. The molecular weight excluding hydrogens is 200 g/mol. The van der Waals surface area contributed by atoms with Crippen LogP contribution in [0.3, 0.4) is 0 Å². The molecule has 4 nitrogen and oxygen atoms in total. The first-order chi connectivity index (χ1) is 7.86. The Labute approximate surface area is 92.1 Å². The number of rotatable bonds is 1. The summed E-state index contributed by atoms with van der Waals surface area (Å²) in [5.74, 6) is 0.587. The molecule has 0 aliphatic heterocycles. The molecule has 0 bridgehead atoms. The molecule has 3 aromatic rings. The van der Waals surface area contributed by atoms with Crippen LogP contribution in [0.1, 0.15) is 0 Å². The van der Waals surface area contributed by atoms with Gasteiger partial charge in [-0.15, -0.1) is 0 Å². The van der Waals surface area contributed by atoms with Crippen LogP contribution in [-0.2, 0) is 0 Å². The van der Waals surface area contributed by atoms with Crippen molar-refractivity contribution in [2.24, 2.45) is 0 Å². The van der Waals surface area contributed by atoms with Gasteiger partial charge >= 0.3 is 0 Å². The lowest BCUT2D eigenvalue weighted by Crippen LogP contribution is -1.88. The van der Waals surface area contributed by atoms with E-state index in [0.717, 1.165) is 21.9 Å². The molecule has 0 aliphatic rings. The molecule has 2 aromatic heterocycles. The third-order valence-corrected chi connectivity index (χ3v) is 2.64. The standard InChI is InChI=1S/C12H10N4/c13-12-11(7-15-16-12)10-3-1-2-8-6-14-5-4-9(8)10/h1-7H,(H3,13,15,16). The van der Waals surface area contributed by atoms with E-state index in [1.165, 1.54) is 0 Å². The maximum atomic E-state index is 5.83. The van der Waals surface area contributed by atoms with E-state index in [-0.39, 0.29) is 0 Å². The van der Waals surface area contributed by atoms with Crippen LogP contribution in [0, 0.1) is 0 Å². The first kappa shape index (κ1) is 8.91. The van der Waals surface area contributed by atoms with Crippen molar-refractivity contribution in [2.45, 2.75) is 0 Å². The molecule has 78 valence electrons. The van der Waals surface area contributed by atoms with Crippen molar-refractivity contribution in [1.82, 2.24) is 15.2 Å². The van der Waals surface area contributed by atoms with E-state index in [1.54, 1.807) is 12.4 Å². The maximum Gasteiger partial charge on any atom is 0.126 e. The summed E-state index contributed by atoms with van der Waals surface area (Å²) in [5.41, 5.74) is 7.83. The van der Waals surface area contributed by atoms with Crippen LogP contribution in [0.5, 0.6) is 0 Å². The number of hydrogen-bond acceptors (Lipinski definition) is 3. The fraction of sp³-hybridized carbons (Fsp3) is 0. The minimum Gasteiger partial charge on any atom is -0.384 e. The lowest BCUT2D eigenvalue weighted by molar-refractivity contribution is 1.10. The van der Waals surface area contributed by atoms with E-state index >= 15 is 0 Å². The molecule has 0 saturated carbocycles. The van der Waals surface area contributed by atoms with E-state index in [2.05, 4.69) is 15.2 Å². The predicted molar refractivity (Wildman–Crippen MR) is 63.7 cm³/mol. The van der Waals surface area contributed by atoms with Crippen molar-refractivity contribution in [2.75, 3.05) is 5.73 Å². The van der Waals surface area contributed by atoms with Crippen LogP contribution in [0.4, 0.5) is 5.82 Å². The Morgan fingerprint density at radius 2 is 2.00 bits per heavy atom. The van der Waals surface area contributed by atoms with Gasteiger partial charge in [-0.25, -0.2) is 0 Å². The number of fused-ring (bicyclic) bond motifs is 1. The lowest BCUT2D eigenvalue weighted by atomic mass is 10.0. The molecule has 0 unspecified atom stereocenters. The first-order valence-corrected chi connectivity index (χ1v) is 4.98.